The van der Waals surface area contributed by atoms with Crippen LogP contribution >= 0.6 is 22.9 Å². The Morgan fingerprint density at radius 2 is 1.86 bits per heavy atom. The van der Waals surface area contributed by atoms with E-state index in [1.165, 1.54) is 47.7 Å². The number of pyridine rings is 1. The molecular formula is C30H24ClFN2O6S2. The number of nitrogens with zero attached hydrogens (tertiary/aromatic N) is 1. The molecule has 8 nitrogen and oxygen atoms in total. The van der Waals surface area contributed by atoms with Crippen LogP contribution in [0.2, 0.25) is 5.02 Å². The summed E-state index contributed by atoms with van der Waals surface area (Å²) in [6.45, 7) is 0.445. The number of aromatic nitrogens is 1. The summed E-state index contributed by atoms with van der Waals surface area (Å²) in [5.74, 6) is -1.23. The maximum Gasteiger partial charge on any atom is 0.247 e. The number of benzene rings is 2. The molecule has 2 atom stereocenters. The number of rotatable bonds is 9. The molecule has 4 aromatic rings. The van der Waals surface area contributed by atoms with E-state index in [0.717, 1.165) is 12.8 Å². The van der Waals surface area contributed by atoms with Crippen LogP contribution in [-0.2, 0) is 25.0 Å². The zero-order chi connectivity index (χ0) is 29.5. The summed E-state index contributed by atoms with van der Waals surface area (Å²) < 4.78 is 52.7. The highest BCUT2D eigenvalue weighted by atomic mass is 35.5. The molecule has 216 valence electrons. The minimum absolute atomic E-state index is 0.0828. The number of halogens is 2. The number of piperidine rings is 1. The fraction of sp³-hybridized carbons (Fsp3) is 0.233. The van der Waals surface area contributed by atoms with Gasteiger partial charge in [-0.3, -0.25) is 9.59 Å². The summed E-state index contributed by atoms with van der Waals surface area (Å²) in [4.78, 5) is 31.5. The van der Waals surface area contributed by atoms with Crippen molar-refractivity contribution in [3.8, 4) is 17.4 Å². The van der Waals surface area contributed by atoms with Gasteiger partial charge in [-0.05, 0) is 71.5 Å². The normalized spacial score (nSPS) is 20.7. The second kappa shape index (κ2) is 11.1. The lowest BCUT2D eigenvalue weighted by atomic mass is 9.79. The van der Waals surface area contributed by atoms with E-state index >= 15 is 0 Å². The average Bonchev–Trinajstić information content (AvgIpc) is 3.62. The van der Waals surface area contributed by atoms with Crippen molar-refractivity contribution in [1.82, 2.24) is 10.3 Å². The lowest BCUT2D eigenvalue weighted by Crippen LogP contribution is -2.61. The van der Waals surface area contributed by atoms with Gasteiger partial charge in [0.1, 0.15) is 11.4 Å². The maximum atomic E-state index is 14.0. The average molecular weight is 627 g/mol. The van der Waals surface area contributed by atoms with E-state index in [-0.39, 0.29) is 39.4 Å². The van der Waals surface area contributed by atoms with Crippen LogP contribution in [0.5, 0.6) is 17.4 Å². The third-order valence-electron chi connectivity index (χ3n) is 7.23. The summed E-state index contributed by atoms with van der Waals surface area (Å²) >= 11 is 7.47. The van der Waals surface area contributed by atoms with E-state index in [1.54, 1.807) is 41.1 Å². The maximum absolute atomic E-state index is 14.0. The quantitative estimate of drug-likeness (QED) is 0.238. The molecule has 2 unspecified atom stereocenters. The number of carbonyl (C=O) groups excluding carboxylic acids is 2. The number of hydrogen-bond acceptors (Lipinski definition) is 8. The minimum Gasteiger partial charge on any atom is -0.489 e. The van der Waals surface area contributed by atoms with E-state index in [9.17, 15) is 22.4 Å². The zero-order valence-electron chi connectivity index (χ0n) is 22.0. The Labute approximate surface area is 250 Å². The van der Waals surface area contributed by atoms with Gasteiger partial charge in [0.2, 0.25) is 17.0 Å². The van der Waals surface area contributed by atoms with Crippen LogP contribution in [0.15, 0.2) is 82.4 Å². The van der Waals surface area contributed by atoms with E-state index in [0.29, 0.717) is 18.1 Å². The number of nitrogens with one attached hydrogen (secondary N) is 1. The summed E-state index contributed by atoms with van der Waals surface area (Å²) in [6, 6.07) is 16.2. The topological polar surface area (TPSA) is 112 Å². The van der Waals surface area contributed by atoms with Crippen LogP contribution in [-0.4, -0.2) is 36.9 Å². The third kappa shape index (κ3) is 5.39. The number of ether oxygens (including phenoxy) is 2. The van der Waals surface area contributed by atoms with E-state index in [4.69, 9.17) is 21.1 Å². The van der Waals surface area contributed by atoms with E-state index in [1.807, 2.05) is 0 Å². The molecule has 3 heterocycles. The second-order valence-corrected chi connectivity index (χ2v) is 13.4. The predicted molar refractivity (Wildman–Crippen MR) is 154 cm³/mol. The lowest BCUT2D eigenvalue weighted by molar-refractivity contribution is -0.133. The summed E-state index contributed by atoms with van der Waals surface area (Å²) in [5.41, 5.74) is -0.646. The highest BCUT2D eigenvalue weighted by molar-refractivity contribution is 7.93. The van der Waals surface area contributed by atoms with Gasteiger partial charge in [0.15, 0.2) is 27.1 Å². The number of hydrogen-bond donors (Lipinski definition) is 1. The first-order valence-corrected chi connectivity index (χ1v) is 16.0. The lowest BCUT2D eigenvalue weighted by Gasteiger charge is -2.39. The first-order chi connectivity index (χ1) is 20.2. The Bertz CT molecular complexity index is 1760. The van der Waals surface area contributed by atoms with Gasteiger partial charge in [-0.25, -0.2) is 17.8 Å². The monoisotopic (exact) mass is 626 g/mol. The Hall–Kier alpha value is -3.80. The van der Waals surface area contributed by atoms with Crippen molar-refractivity contribution in [2.45, 2.75) is 34.9 Å². The number of ketones is 1. The van der Waals surface area contributed by atoms with Crippen LogP contribution in [0.1, 0.15) is 30.5 Å². The van der Waals surface area contributed by atoms with Gasteiger partial charge in [0.25, 0.3) is 0 Å². The summed E-state index contributed by atoms with van der Waals surface area (Å²) in [5, 5.41) is 4.29. The smallest absolute Gasteiger partial charge is 0.247 e. The molecule has 0 radical (unpaired) electrons. The van der Waals surface area contributed by atoms with Crippen molar-refractivity contribution in [2.75, 3.05) is 6.61 Å². The van der Waals surface area contributed by atoms with Gasteiger partial charge < -0.3 is 14.8 Å². The van der Waals surface area contributed by atoms with Gasteiger partial charge in [-0.1, -0.05) is 29.8 Å². The molecule has 2 aromatic heterocycles. The fourth-order valence-corrected chi connectivity index (χ4v) is 7.73. The Morgan fingerprint density at radius 3 is 2.57 bits per heavy atom. The van der Waals surface area contributed by atoms with Gasteiger partial charge in [-0.2, -0.15) is 11.3 Å². The highest BCUT2D eigenvalue weighted by Crippen LogP contribution is 2.41. The number of thiophene rings is 1. The van der Waals surface area contributed by atoms with Crippen molar-refractivity contribution in [3.05, 3.63) is 99.6 Å². The molecule has 42 heavy (non-hydrogen) atoms. The Morgan fingerprint density at radius 1 is 1.05 bits per heavy atom. The van der Waals surface area contributed by atoms with Gasteiger partial charge in [-0.15, -0.1) is 0 Å². The summed E-state index contributed by atoms with van der Waals surface area (Å²) in [7, 11) is -4.44. The molecule has 1 N–H and O–H groups in total. The van der Waals surface area contributed by atoms with Crippen LogP contribution in [0.4, 0.5) is 4.39 Å². The summed E-state index contributed by atoms with van der Waals surface area (Å²) in [6.07, 6.45) is 1.74. The minimum atomic E-state index is -4.44. The van der Waals surface area contributed by atoms with E-state index in [2.05, 4.69) is 10.3 Å². The molecule has 1 saturated carbocycles. The zero-order valence-corrected chi connectivity index (χ0v) is 24.3. The number of sulfone groups is 1. The van der Waals surface area contributed by atoms with Crippen molar-refractivity contribution in [2.24, 2.45) is 5.92 Å². The van der Waals surface area contributed by atoms with Crippen LogP contribution in [0, 0.1) is 11.7 Å². The van der Waals surface area contributed by atoms with Gasteiger partial charge in [0.05, 0.1) is 22.2 Å². The molecule has 0 spiro atoms. The first kappa shape index (κ1) is 28.3. The fourth-order valence-electron chi connectivity index (χ4n) is 4.91. The second-order valence-electron chi connectivity index (χ2n) is 10.2. The van der Waals surface area contributed by atoms with Crippen molar-refractivity contribution >= 4 is 44.5 Å². The molecule has 1 aliphatic carbocycles. The number of carbonyl (C=O) groups is 2. The highest BCUT2D eigenvalue weighted by Gasteiger charge is 2.53. The van der Waals surface area contributed by atoms with Crippen molar-refractivity contribution in [3.63, 3.8) is 0 Å². The van der Waals surface area contributed by atoms with Gasteiger partial charge >= 0.3 is 0 Å². The van der Waals surface area contributed by atoms with Crippen LogP contribution < -0.4 is 14.8 Å². The molecule has 12 heteroatoms. The van der Waals surface area contributed by atoms with Crippen LogP contribution in [0.25, 0.3) is 0 Å². The molecule has 1 saturated heterocycles. The molecule has 2 fully saturated rings. The number of amides is 1. The Balaban J connectivity index is 1.34. The van der Waals surface area contributed by atoms with Crippen molar-refractivity contribution < 1.29 is 31.9 Å². The van der Waals surface area contributed by atoms with E-state index < -0.39 is 38.1 Å². The van der Waals surface area contributed by atoms with Gasteiger partial charge in [0, 0.05) is 18.6 Å². The Kier molecular flexibility index (Phi) is 7.50. The predicted octanol–water partition coefficient (Wildman–Crippen LogP) is 5.69. The van der Waals surface area contributed by atoms with Crippen LogP contribution in [0.3, 0.4) is 0 Å². The molecule has 0 bridgehead atoms. The molecule has 1 aliphatic heterocycles. The largest absolute Gasteiger partial charge is 0.489 e. The third-order valence-corrected chi connectivity index (χ3v) is 10.4. The first-order valence-electron chi connectivity index (χ1n) is 13.1. The molecule has 6 rings (SSSR count). The SMILES string of the molecule is O=C1CC(c2ccsc2)(c2cccc(Oc3ccc(F)cc3OCC3CC3)n2)NC(=O)C1S(=O)(=O)c1ccccc1Cl. The molecular weight excluding hydrogens is 603 g/mol. The number of Topliss-reactive ketones (excluding diaryl/α,β-unsaturated/α-hetero) is 1. The van der Waals surface area contributed by atoms with Crippen molar-refractivity contribution in [1.29, 1.82) is 0 Å². The molecule has 1 amide bonds. The molecule has 2 aliphatic rings. The standard InChI is InChI=1S/C30H24ClFN2O6S2/c31-21-4-1-2-5-25(21)42(37,38)28-22(35)15-30(34-29(28)36,19-12-13-41-17-19)26-6-3-7-27(33-26)40-23-11-10-20(32)14-24(23)39-16-18-8-9-18/h1-7,10-14,17-18,28H,8-9,15-16H2,(H,34,36). The molecule has 2 aromatic carbocycles.